The van der Waals surface area contributed by atoms with Crippen molar-refractivity contribution in [3.05, 3.63) is 58.1 Å². The molecule has 0 fully saturated rings. The Bertz CT molecular complexity index is 981. The van der Waals surface area contributed by atoms with Gasteiger partial charge in [-0.1, -0.05) is 11.3 Å². The number of benzene rings is 2. The Morgan fingerprint density at radius 1 is 1.12 bits per heavy atom. The van der Waals surface area contributed by atoms with E-state index in [9.17, 15) is 19.7 Å². The van der Waals surface area contributed by atoms with E-state index in [4.69, 9.17) is 0 Å². The topological polar surface area (TPSA) is 114 Å². The van der Waals surface area contributed by atoms with E-state index in [0.29, 0.717) is 21.9 Å². The second-order valence-electron chi connectivity index (χ2n) is 5.14. The lowest BCUT2D eigenvalue weighted by atomic mass is 10.2. The number of fused-ring (bicyclic) bond motifs is 1. The van der Waals surface area contributed by atoms with Gasteiger partial charge in [0.05, 0.1) is 15.1 Å². The van der Waals surface area contributed by atoms with Gasteiger partial charge in [-0.15, -0.1) is 0 Å². The van der Waals surface area contributed by atoms with E-state index < -0.39 is 4.92 Å². The zero-order valence-electron chi connectivity index (χ0n) is 13.0. The number of hydrogen-bond acceptors (Lipinski definition) is 6. The number of thiazole rings is 1. The highest BCUT2D eigenvalue weighted by Gasteiger charge is 2.11. The Labute approximate surface area is 145 Å². The fourth-order valence-corrected chi connectivity index (χ4v) is 3.04. The van der Waals surface area contributed by atoms with Crippen molar-refractivity contribution in [3.63, 3.8) is 0 Å². The Balaban J connectivity index is 1.78. The number of non-ortho nitro benzene ring substituents is 1. The fraction of sp³-hybridized carbons (Fsp3) is 0.0625. The summed E-state index contributed by atoms with van der Waals surface area (Å²) in [6.45, 7) is 1.40. The molecule has 9 heteroatoms. The number of nitrogens with zero attached hydrogens (tertiary/aromatic N) is 2. The molecule has 0 atom stereocenters. The molecule has 0 saturated heterocycles. The lowest BCUT2D eigenvalue weighted by Gasteiger charge is -2.05. The first-order chi connectivity index (χ1) is 11.9. The van der Waals surface area contributed by atoms with Gasteiger partial charge in [-0.2, -0.15) is 0 Å². The average molecular weight is 356 g/mol. The largest absolute Gasteiger partial charge is 0.322 e. The summed E-state index contributed by atoms with van der Waals surface area (Å²) in [7, 11) is 0. The Hall–Kier alpha value is -3.33. The normalized spacial score (nSPS) is 10.4. The average Bonchev–Trinajstić information content (AvgIpc) is 2.95. The minimum Gasteiger partial charge on any atom is -0.322 e. The van der Waals surface area contributed by atoms with Gasteiger partial charge in [0, 0.05) is 30.3 Å². The number of nitro groups is 1. The van der Waals surface area contributed by atoms with Gasteiger partial charge in [0.1, 0.15) is 0 Å². The van der Waals surface area contributed by atoms with Crippen molar-refractivity contribution in [1.29, 1.82) is 0 Å². The van der Waals surface area contributed by atoms with E-state index in [1.807, 2.05) is 0 Å². The predicted octanol–water partition coefficient (Wildman–Crippen LogP) is 3.42. The number of amides is 2. The molecule has 2 amide bonds. The third kappa shape index (κ3) is 3.78. The van der Waals surface area contributed by atoms with Gasteiger partial charge in [-0.25, -0.2) is 4.98 Å². The fourth-order valence-electron chi connectivity index (χ4n) is 2.15. The van der Waals surface area contributed by atoms with Crippen molar-refractivity contribution in [2.75, 3.05) is 10.6 Å². The highest BCUT2D eigenvalue weighted by molar-refractivity contribution is 7.22. The first-order valence-electron chi connectivity index (χ1n) is 7.16. The van der Waals surface area contributed by atoms with Crippen molar-refractivity contribution >= 4 is 49.9 Å². The summed E-state index contributed by atoms with van der Waals surface area (Å²) in [4.78, 5) is 37.7. The lowest BCUT2D eigenvalue weighted by molar-refractivity contribution is -0.384. The molecule has 2 aromatic carbocycles. The number of aromatic nitrogens is 1. The number of carbonyl (C=O) groups is 2. The predicted molar refractivity (Wildman–Crippen MR) is 95.0 cm³/mol. The standard InChI is InChI=1S/C16H12N4O4S/c1-9(21)17-16-19-13-8-11(4-7-14(13)25-16)18-15(22)10-2-5-12(6-3-10)20(23)24/h2-8H,1H3,(H,18,22)(H,17,19,21). The Morgan fingerprint density at radius 3 is 2.48 bits per heavy atom. The van der Waals surface area contributed by atoms with E-state index in [1.165, 1.54) is 42.5 Å². The van der Waals surface area contributed by atoms with Crippen LogP contribution in [-0.4, -0.2) is 21.7 Å². The molecule has 25 heavy (non-hydrogen) atoms. The molecule has 3 aromatic rings. The highest BCUT2D eigenvalue weighted by Crippen LogP contribution is 2.28. The van der Waals surface area contributed by atoms with E-state index in [0.717, 1.165) is 4.70 Å². The van der Waals surface area contributed by atoms with Gasteiger partial charge < -0.3 is 10.6 Å². The van der Waals surface area contributed by atoms with Gasteiger partial charge in [-0.05, 0) is 30.3 Å². The van der Waals surface area contributed by atoms with E-state index in [-0.39, 0.29) is 17.5 Å². The lowest BCUT2D eigenvalue weighted by Crippen LogP contribution is -2.11. The number of hydrogen-bond donors (Lipinski definition) is 2. The number of carbonyl (C=O) groups excluding carboxylic acids is 2. The molecule has 0 radical (unpaired) electrons. The molecule has 1 aromatic heterocycles. The van der Waals surface area contributed by atoms with Crippen molar-refractivity contribution in [3.8, 4) is 0 Å². The van der Waals surface area contributed by atoms with Crippen LogP contribution in [0, 0.1) is 10.1 Å². The van der Waals surface area contributed by atoms with Gasteiger partial charge in [-0.3, -0.25) is 19.7 Å². The monoisotopic (exact) mass is 356 g/mol. The summed E-state index contributed by atoms with van der Waals surface area (Å²) >= 11 is 1.33. The summed E-state index contributed by atoms with van der Waals surface area (Å²) in [5, 5.41) is 16.5. The van der Waals surface area contributed by atoms with Gasteiger partial charge in [0.15, 0.2) is 5.13 Å². The Morgan fingerprint density at radius 2 is 1.84 bits per heavy atom. The quantitative estimate of drug-likeness (QED) is 0.549. The minimum atomic E-state index is -0.523. The van der Waals surface area contributed by atoms with Crippen LogP contribution in [0.15, 0.2) is 42.5 Å². The molecule has 0 aliphatic carbocycles. The molecule has 8 nitrogen and oxygen atoms in total. The van der Waals surface area contributed by atoms with Crippen molar-refractivity contribution < 1.29 is 14.5 Å². The van der Waals surface area contributed by atoms with Crippen LogP contribution in [0.3, 0.4) is 0 Å². The van der Waals surface area contributed by atoms with E-state index in [1.54, 1.807) is 18.2 Å². The molecule has 0 aliphatic rings. The maximum Gasteiger partial charge on any atom is 0.269 e. The molecule has 0 spiro atoms. The van der Waals surface area contributed by atoms with E-state index in [2.05, 4.69) is 15.6 Å². The van der Waals surface area contributed by atoms with Crippen molar-refractivity contribution in [2.24, 2.45) is 0 Å². The maximum absolute atomic E-state index is 12.2. The van der Waals surface area contributed by atoms with Crippen LogP contribution in [0.25, 0.3) is 10.2 Å². The molecule has 0 saturated carbocycles. The third-order valence-corrected chi connectivity index (χ3v) is 4.22. The van der Waals surface area contributed by atoms with E-state index >= 15 is 0 Å². The summed E-state index contributed by atoms with van der Waals surface area (Å²) in [6.07, 6.45) is 0. The Kier molecular flexibility index (Phi) is 4.40. The summed E-state index contributed by atoms with van der Waals surface area (Å²) in [5.74, 6) is -0.586. The number of nitro benzene ring substituents is 1. The molecular weight excluding hydrogens is 344 g/mol. The molecular formula is C16H12N4O4S. The zero-order valence-corrected chi connectivity index (χ0v) is 13.8. The highest BCUT2D eigenvalue weighted by atomic mass is 32.1. The van der Waals surface area contributed by atoms with Crippen LogP contribution < -0.4 is 10.6 Å². The molecule has 2 N–H and O–H groups in total. The first kappa shape index (κ1) is 16.5. The third-order valence-electron chi connectivity index (χ3n) is 3.27. The van der Waals surface area contributed by atoms with Crippen LogP contribution in [0.2, 0.25) is 0 Å². The summed E-state index contributed by atoms with van der Waals surface area (Å²) < 4.78 is 0.872. The molecule has 0 unspecified atom stereocenters. The van der Waals surface area contributed by atoms with Gasteiger partial charge in [0.2, 0.25) is 5.91 Å². The SMILES string of the molecule is CC(=O)Nc1nc2cc(NC(=O)c3ccc([N+](=O)[O-])cc3)ccc2s1. The second-order valence-corrected chi connectivity index (χ2v) is 6.17. The maximum atomic E-state index is 12.2. The molecule has 126 valence electrons. The van der Waals surface area contributed by atoms with Gasteiger partial charge >= 0.3 is 0 Å². The second kappa shape index (κ2) is 6.65. The zero-order chi connectivity index (χ0) is 18.0. The molecule has 0 bridgehead atoms. The summed E-state index contributed by atoms with van der Waals surface area (Å²) in [6, 6.07) is 10.6. The molecule has 0 aliphatic heterocycles. The minimum absolute atomic E-state index is 0.0778. The molecule has 1 heterocycles. The van der Waals surface area contributed by atoms with Crippen molar-refractivity contribution in [2.45, 2.75) is 6.92 Å². The van der Waals surface area contributed by atoms with Crippen LogP contribution in [0.4, 0.5) is 16.5 Å². The number of rotatable bonds is 4. The van der Waals surface area contributed by atoms with Crippen LogP contribution in [0.1, 0.15) is 17.3 Å². The molecule has 3 rings (SSSR count). The van der Waals surface area contributed by atoms with Crippen LogP contribution in [0.5, 0.6) is 0 Å². The number of anilines is 2. The van der Waals surface area contributed by atoms with Crippen LogP contribution >= 0.6 is 11.3 Å². The summed E-state index contributed by atoms with van der Waals surface area (Å²) in [5.41, 5.74) is 1.42. The van der Waals surface area contributed by atoms with Crippen molar-refractivity contribution in [1.82, 2.24) is 4.98 Å². The first-order valence-corrected chi connectivity index (χ1v) is 7.98. The van der Waals surface area contributed by atoms with Gasteiger partial charge in [0.25, 0.3) is 11.6 Å². The number of nitrogens with one attached hydrogen (secondary N) is 2. The smallest absolute Gasteiger partial charge is 0.269 e. The van der Waals surface area contributed by atoms with Crippen LogP contribution in [-0.2, 0) is 4.79 Å².